The zero-order valence-electron chi connectivity index (χ0n) is 9.18. The maximum Gasteiger partial charge on any atom is 0.493 e. The van der Waals surface area contributed by atoms with Crippen LogP contribution in [0.4, 0.5) is 0 Å². The first-order chi connectivity index (χ1) is 8.20. The van der Waals surface area contributed by atoms with Gasteiger partial charge in [-0.05, 0) is 24.5 Å². The van der Waals surface area contributed by atoms with Crippen molar-refractivity contribution < 1.29 is 9.68 Å². The van der Waals surface area contributed by atoms with Crippen LogP contribution in [0.1, 0.15) is 18.4 Å². The highest BCUT2D eigenvalue weighted by Crippen LogP contribution is 2.48. The molecule has 6 heteroatoms. The van der Waals surface area contributed by atoms with E-state index >= 15 is 0 Å². The molecule has 2 aliphatic rings. The standard InChI is InChI=1S/C11H12BN3O2/c13-6-3-11(4-6)9-7-1-2-14-10(7)15-5-8(9)12(16)17-11/h1-2,5-6,16H,3-4,13H2,(H,14,15). The quantitative estimate of drug-likeness (QED) is 0.536. The van der Waals surface area contributed by atoms with Gasteiger partial charge < -0.3 is 20.4 Å². The van der Waals surface area contributed by atoms with Crippen LogP contribution in [0.5, 0.6) is 0 Å². The van der Waals surface area contributed by atoms with Crippen LogP contribution >= 0.6 is 0 Å². The van der Waals surface area contributed by atoms with Crippen LogP contribution in [0.25, 0.3) is 11.0 Å². The third kappa shape index (κ3) is 1.07. The molecule has 2 aromatic heterocycles. The Morgan fingerprint density at radius 1 is 1.59 bits per heavy atom. The van der Waals surface area contributed by atoms with Crippen molar-refractivity contribution in [3.8, 4) is 0 Å². The SMILES string of the molecule is NC1CC2(C1)OB(O)c1cnc3[nH]ccc3c12. The molecule has 0 radical (unpaired) electrons. The van der Waals surface area contributed by atoms with E-state index in [0.29, 0.717) is 0 Å². The molecule has 2 aromatic rings. The number of pyridine rings is 1. The third-order valence-corrected chi connectivity index (χ3v) is 3.86. The van der Waals surface area contributed by atoms with Gasteiger partial charge in [-0.1, -0.05) is 0 Å². The maximum absolute atomic E-state index is 9.95. The highest BCUT2D eigenvalue weighted by atomic mass is 16.5. The van der Waals surface area contributed by atoms with Gasteiger partial charge in [-0.2, -0.15) is 0 Å². The monoisotopic (exact) mass is 229 g/mol. The molecule has 1 saturated carbocycles. The summed E-state index contributed by atoms with van der Waals surface area (Å²) in [6.07, 6.45) is 5.08. The molecule has 0 aromatic carbocycles. The van der Waals surface area contributed by atoms with E-state index in [1.807, 2.05) is 12.3 Å². The van der Waals surface area contributed by atoms with E-state index in [-0.39, 0.29) is 6.04 Å². The fraction of sp³-hybridized carbons (Fsp3) is 0.364. The van der Waals surface area contributed by atoms with Gasteiger partial charge in [0.1, 0.15) is 5.65 Å². The van der Waals surface area contributed by atoms with Crippen molar-refractivity contribution in [3.63, 3.8) is 0 Å². The highest BCUT2D eigenvalue weighted by molar-refractivity contribution is 6.62. The Morgan fingerprint density at radius 3 is 3.18 bits per heavy atom. The lowest BCUT2D eigenvalue weighted by atomic mass is 9.69. The van der Waals surface area contributed by atoms with Gasteiger partial charge in [0.05, 0.1) is 5.60 Å². The van der Waals surface area contributed by atoms with Crippen molar-refractivity contribution in [2.24, 2.45) is 5.73 Å². The van der Waals surface area contributed by atoms with Gasteiger partial charge in [0, 0.05) is 29.3 Å². The first-order valence-electron chi connectivity index (χ1n) is 5.77. The predicted octanol–water partition coefficient (Wildman–Crippen LogP) is -0.403. The Morgan fingerprint density at radius 2 is 2.41 bits per heavy atom. The van der Waals surface area contributed by atoms with Gasteiger partial charge in [0.2, 0.25) is 0 Å². The summed E-state index contributed by atoms with van der Waals surface area (Å²) < 4.78 is 5.72. The second-order valence-electron chi connectivity index (χ2n) is 4.96. The third-order valence-electron chi connectivity index (χ3n) is 3.86. The first-order valence-corrected chi connectivity index (χ1v) is 5.77. The molecule has 1 aliphatic heterocycles. The fourth-order valence-electron chi connectivity index (χ4n) is 3.14. The fourth-order valence-corrected chi connectivity index (χ4v) is 3.14. The van der Waals surface area contributed by atoms with Gasteiger partial charge in [-0.15, -0.1) is 0 Å². The molecule has 86 valence electrons. The van der Waals surface area contributed by atoms with Crippen LogP contribution in [0.15, 0.2) is 18.5 Å². The second kappa shape index (κ2) is 2.90. The number of aromatic nitrogens is 2. The second-order valence-corrected chi connectivity index (χ2v) is 4.96. The Hall–Kier alpha value is -1.37. The van der Waals surface area contributed by atoms with Crippen molar-refractivity contribution in [3.05, 3.63) is 24.0 Å². The maximum atomic E-state index is 9.95. The summed E-state index contributed by atoms with van der Waals surface area (Å²) in [6.45, 7) is 0. The number of H-pyrrole nitrogens is 1. The average Bonchev–Trinajstić information content (AvgIpc) is 2.81. The molecule has 0 unspecified atom stereocenters. The summed E-state index contributed by atoms with van der Waals surface area (Å²) in [4.78, 5) is 7.36. The summed E-state index contributed by atoms with van der Waals surface area (Å²) in [5.41, 5.74) is 8.16. The number of nitrogens with one attached hydrogen (secondary N) is 1. The zero-order valence-corrected chi connectivity index (χ0v) is 9.18. The van der Waals surface area contributed by atoms with E-state index in [1.54, 1.807) is 6.20 Å². The molecule has 5 nitrogen and oxygen atoms in total. The molecule has 17 heavy (non-hydrogen) atoms. The number of hydrogen-bond acceptors (Lipinski definition) is 4. The van der Waals surface area contributed by atoms with Crippen LogP contribution in [0.2, 0.25) is 0 Å². The average molecular weight is 229 g/mol. The Kier molecular flexibility index (Phi) is 1.64. The summed E-state index contributed by atoms with van der Waals surface area (Å²) >= 11 is 0. The van der Waals surface area contributed by atoms with Gasteiger partial charge in [-0.25, -0.2) is 4.98 Å². The van der Waals surface area contributed by atoms with Crippen molar-refractivity contribution >= 4 is 23.6 Å². The largest absolute Gasteiger partial charge is 0.493 e. The van der Waals surface area contributed by atoms with Gasteiger partial charge in [-0.3, -0.25) is 0 Å². The summed E-state index contributed by atoms with van der Waals surface area (Å²) in [5.74, 6) is 0. The number of nitrogens with zero attached hydrogens (tertiary/aromatic N) is 1. The predicted molar refractivity (Wildman–Crippen MR) is 63.7 cm³/mol. The minimum absolute atomic E-state index is 0.162. The number of nitrogens with two attached hydrogens (primary N) is 1. The van der Waals surface area contributed by atoms with Gasteiger partial charge >= 0.3 is 7.12 Å². The van der Waals surface area contributed by atoms with E-state index in [1.165, 1.54) is 0 Å². The number of fused-ring (bicyclic) bond motifs is 4. The molecule has 0 bridgehead atoms. The number of aromatic amines is 1. The molecular formula is C11H12BN3O2. The number of hydrogen-bond donors (Lipinski definition) is 3. The molecule has 0 saturated heterocycles. The van der Waals surface area contributed by atoms with Crippen molar-refractivity contribution in [2.75, 3.05) is 0 Å². The summed E-state index contributed by atoms with van der Waals surface area (Å²) in [6, 6.07) is 2.14. The van der Waals surface area contributed by atoms with Crippen LogP contribution in [-0.4, -0.2) is 28.2 Å². The van der Waals surface area contributed by atoms with Crippen LogP contribution < -0.4 is 11.2 Å². The van der Waals surface area contributed by atoms with Crippen LogP contribution in [0.3, 0.4) is 0 Å². The summed E-state index contributed by atoms with van der Waals surface area (Å²) in [5, 5.41) is 11.0. The lowest BCUT2D eigenvalue weighted by molar-refractivity contribution is -0.0283. The van der Waals surface area contributed by atoms with Crippen molar-refractivity contribution in [1.29, 1.82) is 0 Å². The Labute approximate surface area is 98.1 Å². The molecule has 0 atom stereocenters. The molecule has 4 rings (SSSR count). The van der Waals surface area contributed by atoms with Crippen molar-refractivity contribution in [2.45, 2.75) is 24.5 Å². The van der Waals surface area contributed by atoms with Crippen molar-refractivity contribution in [1.82, 2.24) is 9.97 Å². The molecule has 0 amide bonds. The molecule has 4 N–H and O–H groups in total. The van der Waals surface area contributed by atoms with Gasteiger partial charge in [0.25, 0.3) is 0 Å². The van der Waals surface area contributed by atoms with E-state index in [9.17, 15) is 5.02 Å². The highest BCUT2D eigenvalue weighted by Gasteiger charge is 2.55. The van der Waals surface area contributed by atoms with Gasteiger partial charge in [0.15, 0.2) is 0 Å². The van der Waals surface area contributed by atoms with E-state index in [4.69, 9.17) is 10.4 Å². The zero-order chi connectivity index (χ0) is 11.6. The molecule has 1 aliphatic carbocycles. The van der Waals surface area contributed by atoms with E-state index < -0.39 is 12.7 Å². The smallest absolute Gasteiger partial charge is 0.423 e. The lowest BCUT2D eigenvalue weighted by Gasteiger charge is -2.44. The molecule has 1 spiro atoms. The minimum Gasteiger partial charge on any atom is -0.423 e. The topological polar surface area (TPSA) is 84.2 Å². The van der Waals surface area contributed by atoms with E-state index in [0.717, 1.165) is 34.9 Å². The normalized spacial score (nSPS) is 30.9. The van der Waals surface area contributed by atoms with E-state index in [2.05, 4.69) is 9.97 Å². The van der Waals surface area contributed by atoms with Crippen LogP contribution in [-0.2, 0) is 10.3 Å². The van der Waals surface area contributed by atoms with Crippen LogP contribution in [0, 0.1) is 0 Å². The first kappa shape index (κ1) is 9.64. The lowest BCUT2D eigenvalue weighted by Crippen LogP contribution is -2.50. The minimum atomic E-state index is -0.871. The molecule has 3 heterocycles. The Balaban J connectivity index is 2.01. The number of rotatable bonds is 0. The molecule has 1 fully saturated rings. The summed E-state index contributed by atoms with van der Waals surface area (Å²) in [7, 11) is -0.871. The Bertz CT molecular complexity index is 606. The molecular weight excluding hydrogens is 217 g/mol.